The second kappa shape index (κ2) is 7.44. The monoisotopic (exact) mass is 389 g/mol. The molecule has 1 N–H and O–H groups in total. The summed E-state index contributed by atoms with van der Waals surface area (Å²) in [7, 11) is 0. The topological polar surface area (TPSA) is 47.7 Å². The SMILES string of the molecule is CCn1c(CN[C@H]2CCCc3c2cnn3-c2ccccc2F)nc2ccccc21. The molecule has 2 heterocycles. The van der Waals surface area contributed by atoms with E-state index in [1.165, 1.54) is 17.1 Å². The number of nitrogens with one attached hydrogen (secondary N) is 1. The zero-order valence-electron chi connectivity index (χ0n) is 16.5. The Kier molecular flexibility index (Phi) is 4.64. The Balaban J connectivity index is 1.42. The number of hydrogen-bond acceptors (Lipinski definition) is 3. The molecule has 0 saturated heterocycles. The average Bonchev–Trinajstić information content (AvgIpc) is 3.34. The number of aromatic nitrogens is 4. The first kappa shape index (κ1) is 18.1. The third kappa shape index (κ3) is 3.13. The Morgan fingerprint density at radius 2 is 1.97 bits per heavy atom. The molecule has 6 heteroatoms. The molecule has 0 unspecified atom stereocenters. The molecule has 2 aromatic heterocycles. The van der Waals surface area contributed by atoms with Gasteiger partial charge in [-0.15, -0.1) is 0 Å². The van der Waals surface area contributed by atoms with Gasteiger partial charge in [0.25, 0.3) is 0 Å². The van der Waals surface area contributed by atoms with Crippen LogP contribution in [0.5, 0.6) is 0 Å². The Hall–Kier alpha value is -2.99. The molecule has 0 fully saturated rings. The van der Waals surface area contributed by atoms with Gasteiger partial charge in [-0.2, -0.15) is 5.10 Å². The van der Waals surface area contributed by atoms with Crippen molar-refractivity contribution in [2.75, 3.05) is 0 Å². The number of aryl methyl sites for hydroxylation is 1. The quantitative estimate of drug-likeness (QED) is 0.545. The highest BCUT2D eigenvalue weighted by Gasteiger charge is 2.25. The lowest BCUT2D eigenvalue weighted by Crippen LogP contribution is -2.26. The second-order valence-corrected chi connectivity index (χ2v) is 7.50. The van der Waals surface area contributed by atoms with Gasteiger partial charge in [-0.1, -0.05) is 24.3 Å². The summed E-state index contributed by atoms with van der Waals surface area (Å²) < 4.78 is 18.3. The molecule has 148 valence electrons. The fraction of sp³-hybridized carbons (Fsp3) is 0.304. The van der Waals surface area contributed by atoms with E-state index in [1.807, 2.05) is 18.3 Å². The number of fused-ring (bicyclic) bond motifs is 2. The van der Waals surface area contributed by atoms with Crippen LogP contribution >= 0.6 is 0 Å². The number of halogens is 1. The molecule has 1 atom stereocenters. The van der Waals surface area contributed by atoms with Gasteiger partial charge in [0.1, 0.15) is 17.3 Å². The zero-order valence-corrected chi connectivity index (χ0v) is 16.5. The van der Waals surface area contributed by atoms with Crippen LogP contribution in [0.25, 0.3) is 16.7 Å². The van der Waals surface area contributed by atoms with Gasteiger partial charge in [0.15, 0.2) is 0 Å². The van der Waals surface area contributed by atoms with Crippen LogP contribution in [-0.2, 0) is 19.5 Å². The van der Waals surface area contributed by atoms with Crippen LogP contribution in [0.3, 0.4) is 0 Å². The van der Waals surface area contributed by atoms with E-state index in [4.69, 9.17) is 4.98 Å². The van der Waals surface area contributed by atoms with Crippen LogP contribution in [0.1, 0.15) is 42.9 Å². The number of para-hydroxylation sites is 3. The molecule has 0 radical (unpaired) electrons. The van der Waals surface area contributed by atoms with Gasteiger partial charge in [-0.05, 0) is 50.5 Å². The molecule has 0 saturated carbocycles. The van der Waals surface area contributed by atoms with Crippen LogP contribution < -0.4 is 5.32 Å². The minimum Gasteiger partial charge on any atom is -0.327 e. The van der Waals surface area contributed by atoms with Crippen molar-refractivity contribution in [2.24, 2.45) is 0 Å². The highest BCUT2D eigenvalue weighted by Crippen LogP contribution is 2.32. The molecule has 5 nitrogen and oxygen atoms in total. The van der Waals surface area contributed by atoms with E-state index < -0.39 is 0 Å². The van der Waals surface area contributed by atoms with E-state index >= 15 is 0 Å². The number of imidazole rings is 1. The van der Waals surface area contributed by atoms with E-state index in [0.29, 0.717) is 12.2 Å². The minimum absolute atomic E-state index is 0.199. The van der Waals surface area contributed by atoms with Gasteiger partial charge in [-0.3, -0.25) is 0 Å². The van der Waals surface area contributed by atoms with Crippen LogP contribution in [0.15, 0.2) is 54.7 Å². The summed E-state index contributed by atoms with van der Waals surface area (Å²) in [6.45, 7) is 3.73. The van der Waals surface area contributed by atoms with Crippen molar-refractivity contribution >= 4 is 11.0 Å². The van der Waals surface area contributed by atoms with Crippen molar-refractivity contribution in [1.82, 2.24) is 24.6 Å². The molecule has 2 aromatic carbocycles. The van der Waals surface area contributed by atoms with Crippen molar-refractivity contribution in [2.45, 2.75) is 45.3 Å². The van der Waals surface area contributed by atoms with Crippen molar-refractivity contribution in [1.29, 1.82) is 0 Å². The highest BCUT2D eigenvalue weighted by molar-refractivity contribution is 5.75. The van der Waals surface area contributed by atoms with E-state index in [1.54, 1.807) is 16.8 Å². The Labute approximate surface area is 169 Å². The number of hydrogen-bond donors (Lipinski definition) is 1. The number of rotatable bonds is 5. The van der Waals surface area contributed by atoms with E-state index in [-0.39, 0.29) is 11.9 Å². The Morgan fingerprint density at radius 3 is 2.83 bits per heavy atom. The summed E-state index contributed by atoms with van der Waals surface area (Å²) in [5.41, 5.74) is 4.98. The first-order valence-corrected chi connectivity index (χ1v) is 10.3. The number of nitrogens with zero attached hydrogens (tertiary/aromatic N) is 4. The van der Waals surface area contributed by atoms with Crippen LogP contribution in [-0.4, -0.2) is 19.3 Å². The van der Waals surface area contributed by atoms with Crippen molar-refractivity contribution in [3.63, 3.8) is 0 Å². The summed E-state index contributed by atoms with van der Waals surface area (Å²) in [5, 5.41) is 8.20. The van der Waals surface area contributed by atoms with Gasteiger partial charge in [-0.25, -0.2) is 14.1 Å². The standard InChI is InChI=1S/C23H24FN5/c1-2-28-22-12-6-4-9-19(22)27-23(28)15-25-18-10-7-13-20-16(18)14-26-29(20)21-11-5-3-8-17(21)24/h3-6,8-9,11-12,14,18,25H,2,7,10,13,15H2,1H3/t18-/m0/s1. The van der Waals surface area contributed by atoms with Crippen LogP contribution in [0.4, 0.5) is 4.39 Å². The maximum Gasteiger partial charge on any atom is 0.148 e. The fourth-order valence-electron chi connectivity index (χ4n) is 4.43. The molecule has 1 aliphatic rings. The molecular formula is C23H24FN5. The van der Waals surface area contributed by atoms with Gasteiger partial charge >= 0.3 is 0 Å². The molecule has 4 aromatic rings. The summed E-state index contributed by atoms with van der Waals surface area (Å²) >= 11 is 0. The Bertz CT molecular complexity index is 1160. The second-order valence-electron chi connectivity index (χ2n) is 7.50. The molecular weight excluding hydrogens is 365 g/mol. The first-order chi connectivity index (χ1) is 14.3. The predicted octanol–water partition coefficient (Wildman–Crippen LogP) is 4.55. The van der Waals surface area contributed by atoms with Crippen molar-refractivity contribution in [3.8, 4) is 5.69 Å². The van der Waals surface area contributed by atoms with E-state index in [0.717, 1.165) is 42.8 Å². The molecule has 5 rings (SSSR count). The lowest BCUT2D eigenvalue weighted by molar-refractivity contribution is 0.443. The normalized spacial score (nSPS) is 16.3. The summed E-state index contributed by atoms with van der Waals surface area (Å²) in [4.78, 5) is 4.82. The molecule has 0 aliphatic heterocycles. The zero-order chi connectivity index (χ0) is 19.8. The molecule has 29 heavy (non-hydrogen) atoms. The lowest BCUT2D eigenvalue weighted by atomic mass is 9.93. The minimum atomic E-state index is -0.245. The molecule has 0 spiro atoms. The molecule has 1 aliphatic carbocycles. The van der Waals surface area contributed by atoms with Gasteiger partial charge in [0.05, 0.1) is 23.8 Å². The largest absolute Gasteiger partial charge is 0.327 e. The summed E-state index contributed by atoms with van der Waals surface area (Å²) in [6.07, 6.45) is 4.90. The Morgan fingerprint density at radius 1 is 1.14 bits per heavy atom. The molecule has 0 bridgehead atoms. The summed E-state index contributed by atoms with van der Waals surface area (Å²) in [6, 6.07) is 15.3. The number of benzene rings is 2. The average molecular weight is 389 g/mol. The smallest absolute Gasteiger partial charge is 0.148 e. The van der Waals surface area contributed by atoms with Gasteiger partial charge in [0.2, 0.25) is 0 Å². The lowest BCUT2D eigenvalue weighted by Gasteiger charge is -2.24. The van der Waals surface area contributed by atoms with Crippen molar-refractivity contribution < 1.29 is 4.39 Å². The van der Waals surface area contributed by atoms with E-state index in [2.05, 4.69) is 40.1 Å². The first-order valence-electron chi connectivity index (χ1n) is 10.3. The molecule has 0 amide bonds. The highest BCUT2D eigenvalue weighted by atomic mass is 19.1. The van der Waals surface area contributed by atoms with Gasteiger partial charge < -0.3 is 9.88 Å². The van der Waals surface area contributed by atoms with Crippen LogP contribution in [0.2, 0.25) is 0 Å². The van der Waals surface area contributed by atoms with E-state index in [9.17, 15) is 4.39 Å². The van der Waals surface area contributed by atoms with Crippen molar-refractivity contribution in [3.05, 3.63) is 77.6 Å². The third-order valence-electron chi connectivity index (χ3n) is 5.82. The third-order valence-corrected chi connectivity index (χ3v) is 5.82. The summed E-state index contributed by atoms with van der Waals surface area (Å²) in [5.74, 6) is 0.799. The fourth-order valence-corrected chi connectivity index (χ4v) is 4.43. The maximum absolute atomic E-state index is 14.3. The predicted molar refractivity (Wildman–Crippen MR) is 111 cm³/mol. The maximum atomic E-state index is 14.3. The van der Waals surface area contributed by atoms with Crippen LogP contribution in [0, 0.1) is 5.82 Å². The van der Waals surface area contributed by atoms with Gasteiger partial charge in [0, 0.05) is 23.8 Å².